The van der Waals surface area contributed by atoms with E-state index in [4.69, 9.17) is 16.3 Å². The highest BCUT2D eigenvalue weighted by Crippen LogP contribution is 2.44. The van der Waals surface area contributed by atoms with Crippen LogP contribution in [0.4, 0.5) is 15.3 Å². The first-order chi connectivity index (χ1) is 16.6. The second-order valence-corrected chi connectivity index (χ2v) is 11.2. The smallest absolute Gasteiger partial charge is 0.410 e. The summed E-state index contributed by atoms with van der Waals surface area (Å²) in [6.07, 6.45) is 3.03. The van der Waals surface area contributed by atoms with E-state index in [0.29, 0.717) is 47.5 Å². The Kier molecular flexibility index (Phi) is 5.95. The number of nitriles is 1. The molecule has 3 saturated heterocycles. The van der Waals surface area contributed by atoms with E-state index in [1.807, 2.05) is 6.07 Å². The van der Waals surface area contributed by atoms with Crippen LogP contribution >= 0.6 is 11.6 Å². The molecule has 3 aliphatic heterocycles. The molecule has 1 aliphatic carbocycles. The van der Waals surface area contributed by atoms with Crippen LogP contribution in [0.25, 0.3) is 0 Å². The molecule has 9 heteroatoms. The minimum Gasteiger partial charge on any atom is -0.446 e. The number of benzene rings is 1. The lowest BCUT2D eigenvalue weighted by Crippen LogP contribution is -2.55. The van der Waals surface area contributed by atoms with Crippen LogP contribution in [0.5, 0.6) is 0 Å². The summed E-state index contributed by atoms with van der Waals surface area (Å²) in [5.41, 5.74) is 1.17. The first-order valence-electron chi connectivity index (χ1n) is 12.5. The average molecular weight is 499 g/mol. The van der Waals surface area contributed by atoms with E-state index in [2.05, 4.69) is 20.8 Å². The number of rotatable bonds is 3. The zero-order chi connectivity index (χ0) is 25.2. The van der Waals surface area contributed by atoms with Crippen molar-refractivity contribution in [3.8, 4) is 6.07 Å². The molecule has 1 aromatic rings. The number of carbonyl (C=O) groups is 3. The molecule has 35 heavy (non-hydrogen) atoms. The molecular weight excluding hydrogens is 468 g/mol. The summed E-state index contributed by atoms with van der Waals surface area (Å²) in [6.45, 7) is 8.66. The van der Waals surface area contributed by atoms with Crippen molar-refractivity contribution in [2.45, 2.75) is 77.6 Å². The van der Waals surface area contributed by atoms with Crippen molar-refractivity contribution in [3.63, 3.8) is 0 Å². The number of amides is 4. The molecule has 4 fully saturated rings. The fourth-order valence-electron chi connectivity index (χ4n) is 6.53. The fourth-order valence-corrected chi connectivity index (χ4v) is 6.74. The summed E-state index contributed by atoms with van der Waals surface area (Å²) in [6, 6.07) is 3.37. The Morgan fingerprint density at radius 1 is 1.23 bits per heavy atom. The number of hydrogen-bond acceptors (Lipinski definition) is 5. The maximum atomic E-state index is 13.5. The molecule has 5 rings (SSSR count). The number of hydrogen-bond donors (Lipinski definition) is 0. The Labute approximate surface area is 210 Å². The number of carbonyl (C=O) groups excluding carboxylic acids is 3. The summed E-state index contributed by atoms with van der Waals surface area (Å²) in [7, 11) is 0. The predicted molar refractivity (Wildman–Crippen MR) is 130 cm³/mol. The zero-order valence-corrected chi connectivity index (χ0v) is 21.3. The van der Waals surface area contributed by atoms with Gasteiger partial charge in [-0.2, -0.15) is 5.26 Å². The third-order valence-electron chi connectivity index (χ3n) is 8.42. The SMILES string of the molecule is Cc1c(N2C(=O)C3C4C[C@H](CN4C(=O)O[C@H]4CC[C@@H](C)C[C@@H]4C(C)C)N3C2=O)ccc(C#N)c1Cl. The normalized spacial score (nSPS) is 31.9. The van der Waals surface area contributed by atoms with Gasteiger partial charge in [0.15, 0.2) is 0 Å². The molecule has 4 amide bonds. The monoisotopic (exact) mass is 498 g/mol. The lowest BCUT2D eigenvalue weighted by Gasteiger charge is -2.39. The van der Waals surface area contributed by atoms with Gasteiger partial charge in [-0.25, -0.2) is 14.5 Å². The van der Waals surface area contributed by atoms with E-state index < -0.39 is 18.1 Å². The summed E-state index contributed by atoms with van der Waals surface area (Å²) < 4.78 is 6.04. The fraction of sp³-hybridized carbons (Fsp3) is 0.615. The van der Waals surface area contributed by atoms with Gasteiger partial charge in [0, 0.05) is 6.54 Å². The molecular formula is C26H31ClN4O4. The number of nitrogens with zero attached hydrogens (tertiary/aromatic N) is 4. The van der Waals surface area contributed by atoms with Crippen LogP contribution in [0, 0.1) is 36.0 Å². The lowest BCUT2D eigenvalue weighted by molar-refractivity contribution is -0.121. The summed E-state index contributed by atoms with van der Waals surface area (Å²) in [4.78, 5) is 44.6. The van der Waals surface area contributed by atoms with E-state index in [-0.39, 0.29) is 29.2 Å². The number of urea groups is 1. The number of fused-ring (bicyclic) bond motifs is 5. The van der Waals surface area contributed by atoms with Gasteiger partial charge in [0.2, 0.25) is 0 Å². The van der Waals surface area contributed by atoms with E-state index in [1.165, 1.54) is 6.07 Å². The van der Waals surface area contributed by atoms with Gasteiger partial charge in [-0.3, -0.25) is 4.79 Å². The third-order valence-corrected chi connectivity index (χ3v) is 8.91. The average Bonchev–Trinajstić information content (AvgIpc) is 3.48. The first-order valence-corrected chi connectivity index (χ1v) is 12.8. The number of likely N-dealkylation sites (tertiary alicyclic amines) is 1. The lowest BCUT2D eigenvalue weighted by atomic mass is 9.75. The van der Waals surface area contributed by atoms with Gasteiger partial charge in [-0.1, -0.05) is 32.4 Å². The number of piperazine rings is 1. The van der Waals surface area contributed by atoms with E-state index >= 15 is 0 Å². The molecule has 8 nitrogen and oxygen atoms in total. The topological polar surface area (TPSA) is 94.0 Å². The molecule has 2 unspecified atom stereocenters. The molecule has 0 radical (unpaired) electrons. The minimum atomic E-state index is -0.727. The van der Waals surface area contributed by atoms with Crippen molar-refractivity contribution in [3.05, 3.63) is 28.3 Å². The third kappa shape index (κ3) is 3.67. The van der Waals surface area contributed by atoms with Gasteiger partial charge in [-0.15, -0.1) is 0 Å². The van der Waals surface area contributed by atoms with Crippen molar-refractivity contribution in [2.24, 2.45) is 17.8 Å². The van der Waals surface area contributed by atoms with Crippen molar-refractivity contribution >= 4 is 35.3 Å². The van der Waals surface area contributed by atoms with E-state index in [0.717, 1.165) is 24.2 Å². The van der Waals surface area contributed by atoms with Gasteiger partial charge in [0.05, 0.1) is 28.4 Å². The molecule has 6 atom stereocenters. The van der Waals surface area contributed by atoms with Gasteiger partial charge >= 0.3 is 12.1 Å². The number of anilines is 1. The van der Waals surface area contributed by atoms with Gasteiger partial charge in [0.1, 0.15) is 18.2 Å². The van der Waals surface area contributed by atoms with Gasteiger partial charge < -0.3 is 14.5 Å². The highest BCUT2D eigenvalue weighted by atomic mass is 35.5. The number of ether oxygens (including phenoxy) is 1. The molecule has 2 bridgehead atoms. The number of imide groups is 1. The Morgan fingerprint density at radius 2 is 1.97 bits per heavy atom. The molecule has 0 N–H and O–H groups in total. The Morgan fingerprint density at radius 3 is 2.66 bits per heavy atom. The summed E-state index contributed by atoms with van der Waals surface area (Å²) in [5.74, 6) is 1.01. The standard InChI is InChI=1S/C26H31ClN4O4/c1-13(2)18-9-14(3)5-8-21(18)35-26(34)29-12-17-10-20(29)23-24(32)31(25(33)30(17)23)19-7-6-16(11-28)22(27)15(19)4/h6-7,13-14,17-18,20-21,23H,5,8-10,12H2,1-4H3/t14-,17-,18-,20?,21+,23?/m1/s1. The van der Waals surface area contributed by atoms with Crippen molar-refractivity contribution in [1.29, 1.82) is 5.26 Å². The van der Waals surface area contributed by atoms with Crippen LogP contribution in [0.1, 0.15) is 57.6 Å². The summed E-state index contributed by atoms with van der Waals surface area (Å²) in [5, 5.41) is 9.46. The molecule has 4 aliphatic rings. The van der Waals surface area contributed by atoms with Gasteiger partial charge in [0.25, 0.3) is 5.91 Å². The second kappa shape index (κ2) is 8.70. The van der Waals surface area contributed by atoms with Crippen LogP contribution in [0.15, 0.2) is 12.1 Å². The Balaban J connectivity index is 1.35. The van der Waals surface area contributed by atoms with E-state index in [1.54, 1.807) is 22.8 Å². The van der Waals surface area contributed by atoms with Crippen molar-refractivity contribution in [1.82, 2.24) is 9.80 Å². The Hall–Kier alpha value is -2.79. The van der Waals surface area contributed by atoms with Crippen molar-refractivity contribution < 1.29 is 19.1 Å². The van der Waals surface area contributed by atoms with Crippen LogP contribution in [-0.2, 0) is 9.53 Å². The largest absolute Gasteiger partial charge is 0.446 e. The van der Waals surface area contributed by atoms with Crippen LogP contribution < -0.4 is 4.90 Å². The Bertz CT molecular complexity index is 1130. The molecule has 186 valence electrons. The van der Waals surface area contributed by atoms with Crippen LogP contribution in [-0.4, -0.2) is 58.6 Å². The number of halogens is 1. The van der Waals surface area contributed by atoms with E-state index in [9.17, 15) is 19.6 Å². The van der Waals surface area contributed by atoms with Gasteiger partial charge in [-0.05, 0) is 68.1 Å². The van der Waals surface area contributed by atoms with Crippen molar-refractivity contribution in [2.75, 3.05) is 11.4 Å². The molecule has 0 spiro atoms. The first kappa shape index (κ1) is 23.9. The van der Waals surface area contributed by atoms with Crippen LogP contribution in [0.3, 0.4) is 0 Å². The molecule has 1 aromatic carbocycles. The quantitative estimate of drug-likeness (QED) is 0.562. The highest BCUT2D eigenvalue weighted by Gasteiger charge is 2.63. The minimum absolute atomic E-state index is 0.116. The second-order valence-electron chi connectivity index (χ2n) is 10.8. The van der Waals surface area contributed by atoms with Crippen LogP contribution in [0.2, 0.25) is 5.02 Å². The molecule has 1 saturated carbocycles. The molecule has 3 heterocycles. The predicted octanol–water partition coefficient (Wildman–Crippen LogP) is 4.71. The maximum Gasteiger partial charge on any atom is 0.410 e. The maximum absolute atomic E-state index is 13.5. The summed E-state index contributed by atoms with van der Waals surface area (Å²) >= 11 is 6.31. The zero-order valence-electron chi connectivity index (χ0n) is 20.5. The highest BCUT2D eigenvalue weighted by molar-refractivity contribution is 6.33. The molecule has 0 aromatic heterocycles.